The molecule has 0 radical (unpaired) electrons. The predicted molar refractivity (Wildman–Crippen MR) is 69.0 cm³/mol. The summed E-state index contributed by atoms with van der Waals surface area (Å²) in [5.41, 5.74) is 1.72. The fraction of sp³-hybridized carbons (Fsp3) is 0.231. The van der Waals surface area contributed by atoms with Gasteiger partial charge in [0.05, 0.1) is 6.42 Å². The molecule has 0 spiro atoms. The third-order valence-corrected chi connectivity index (χ3v) is 3.22. The lowest BCUT2D eigenvalue weighted by atomic mass is 10.1. The molecule has 0 aliphatic rings. The first kappa shape index (κ1) is 12.6. The minimum absolute atomic E-state index is 0.00750. The Morgan fingerprint density at radius 1 is 1.50 bits per heavy atom. The summed E-state index contributed by atoms with van der Waals surface area (Å²) in [5.74, 6) is -0.177. The second-order valence-electron chi connectivity index (χ2n) is 3.89. The van der Waals surface area contributed by atoms with Gasteiger partial charge in [-0.2, -0.15) is 0 Å². The molecule has 0 fully saturated rings. The van der Waals surface area contributed by atoms with Crippen molar-refractivity contribution in [3.63, 3.8) is 0 Å². The number of rotatable bonds is 5. The van der Waals surface area contributed by atoms with Crippen LogP contribution in [0.25, 0.3) is 0 Å². The third-order valence-electron chi connectivity index (χ3n) is 2.28. The zero-order valence-electron chi connectivity index (χ0n) is 9.92. The average Bonchev–Trinajstić information content (AvgIpc) is 2.72. The van der Waals surface area contributed by atoms with Gasteiger partial charge < -0.3 is 9.84 Å². The number of thiazole rings is 1. The summed E-state index contributed by atoms with van der Waals surface area (Å²) in [6, 6.07) is 7.12. The Balaban J connectivity index is 1.98. The molecule has 1 aromatic heterocycles. The van der Waals surface area contributed by atoms with E-state index in [0.717, 1.165) is 16.3 Å². The number of ether oxygens (including phenoxy) is 1. The fourth-order valence-electron chi connectivity index (χ4n) is 1.53. The molecule has 0 bridgehead atoms. The van der Waals surface area contributed by atoms with Gasteiger partial charge >= 0.3 is 5.97 Å². The third kappa shape index (κ3) is 3.56. The van der Waals surface area contributed by atoms with Crippen LogP contribution in [0, 0.1) is 6.92 Å². The van der Waals surface area contributed by atoms with E-state index >= 15 is 0 Å². The van der Waals surface area contributed by atoms with Crippen LogP contribution in [0.4, 0.5) is 0 Å². The number of aromatic nitrogens is 1. The van der Waals surface area contributed by atoms with Crippen molar-refractivity contribution in [2.24, 2.45) is 0 Å². The number of benzene rings is 1. The molecular formula is C13H13NO3S. The van der Waals surface area contributed by atoms with Gasteiger partial charge in [-0.3, -0.25) is 4.79 Å². The largest absolute Gasteiger partial charge is 0.486 e. The molecule has 0 aliphatic carbocycles. The molecule has 1 aromatic carbocycles. The Kier molecular flexibility index (Phi) is 3.94. The van der Waals surface area contributed by atoms with Crippen LogP contribution in [0.1, 0.15) is 16.3 Å². The highest BCUT2D eigenvalue weighted by Gasteiger charge is 2.03. The maximum Gasteiger partial charge on any atom is 0.307 e. The Bertz CT molecular complexity index is 551. The van der Waals surface area contributed by atoms with E-state index in [4.69, 9.17) is 9.84 Å². The lowest BCUT2D eigenvalue weighted by Crippen LogP contribution is -2.01. The Labute approximate surface area is 109 Å². The minimum atomic E-state index is -0.845. The number of nitrogens with zero attached hydrogens (tertiary/aromatic N) is 1. The van der Waals surface area contributed by atoms with E-state index < -0.39 is 5.97 Å². The van der Waals surface area contributed by atoms with Crippen molar-refractivity contribution in [3.8, 4) is 5.75 Å². The quantitative estimate of drug-likeness (QED) is 0.901. The number of hydrogen-bond acceptors (Lipinski definition) is 4. The van der Waals surface area contributed by atoms with E-state index in [1.807, 2.05) is 18.4 Å². The van der Waals surface area contributed by atoms with Crippen LogP contribution in [0.2, 0.25) is 0 Å². The minimum Gasteiger partial charge on any atom is -0.486 e. The van der Waals surface area contributed by atoms with Gasteiger partial charge in [0.15, 0.2) is 0 Å². The molecule has 2 rings (SSSR count). The van der Waals surface area contributed by atoms with E-state index in [1.165, 1.54) is 0 Å². The van der Waals surface area contributed by atoms with Gasteiger partial charge in [0.25, 0.3) is 0 Å². The lowest BCUT2D eigenvalue weighted by molar-refractivity contribution is -0.136. The van der Waals surface area contributed by atoms with Crippen LogP contribution < -0.4 is 4.74 Å². The smallest absolute Gasteiger partial charge is 0.307 e. The first-order chi connectivity index (χ1) is 8.63. The second kappa shape index (κ2) is 5.64. The van der Waals surface area contributed by atoms with Crippen molar-refractivity contribution in [2.75, 3.05) is 0 Å². The van der Waals surface area contributed by atoms with Crippen LogP contribution in [-0.4, -0.2) is 16.1 Å². The van der Waals surface area contributed by atoms with E-state index in [9.17, 15) is 4.79 Å². The van der Waals surface area contributed by atoms with Crippen LogP contribution in [0.5, 0.6) is 5.75 Å². The van der Waals surface area contributed by atoms with Crippen LogP contribution in [-0.2, 0) is 17.8 Å². The first-order valence-corrected chi connectivity index (χ1v) is 6.36. The van der Waals surface area contributed by atoms with Gasteiger partial charge in [-0.15, -0.1) is 11.3 Å². The SMILES string of the molecule is Cc1csc(COc2cccc(CC(=O)O)c2)n1. The Morgan fingerprint density at radius 3 is 3.00 bits per heavy atom. The molecule has 18 heavy (non-hydrogen) atoms. The molecule has 0 amide bonds. The molecule has 0 unspecified atom stereocenters. The van der Waals surface area contributed by atoms with Crippen molar-refractivity contribution in [2.45, 2.75) is 20.0 Å². The van der Waals surface area contributed by atoms with Crippen molar-refractivity contribution >= 4 is 17.3 Å². The lowest BCUT2D eigenvalue weighted by Gasteiger charge is -2.05. The van der Waals surface area contributed by atoms with Gasteiger partial charge in [-0.25, -0.2) is 4.98 Å². The normalized spacial score (nSPS) is 10.3. The number of aryl methyl sites for hydroxylation is 1. The van der Waals surface area contributed by atoms with E-state index in [-0.39, 0.29) is 6.42 Å². The summed E-state index contributed by atoms with van der Waals surface area (Å²) in [5, 5.41) is 11.6. The van der Waals surface area contributed by atoms with Crippen LogP contribution >= 0.6 is 11.3 Å². The van der Waals surface area contributed by atoms with Gasteiger partial charge in [0, 0.05) is 11.1 Å². The number of hydrogen-bond donors (Lipinski definition) is 1. The molecule has 1 N–H and O–H groups in total. The van der Waals surface area contributed by atoms with E-state index in [2.05, 4.69) is 4.98 Å². The van der Waals surface area contributed by atoms with Crippen molar-refractivity contribution < 1.29 is 14.6 Å². The summed E-state index contributed by atoms with van der Waals surface area (Å²) < 4.78 is 5.58. The number of carboxylic acid groups (broad SMARTS) is 1. The standard InChI is InChI=1S/C13H13NO3S/c1-9-8-18-12(14-9)7-17-11-4-2-3-10(5-11)6-13(15)16/h2-5,8H,6-7H2,1H3,(H,15,16). The first-order valence-electron chi connectivity index (χ1n) is 5.48. The van der Waals surface area contributed by atoms with Gasteiger partial charge in [0.2, 0.25) is 0 Å². The summed E-state index contributed by atoms with van der Waals surface area (Å²) >= 11 is 1.55. The molecule has 0 saturated heterocycles. The maximum atomic E-state index is 10.6. The summed E-state index contributed by atoms with van der Waals surface area (Å²) in [7, 11) is 0. The molecule has 0 aliphatic heterocycles. The zero-order chi connectivity index (χ0) is 13.0. The highest BCUT2D eigenvalue weighted by atomic mass is 32.1. The average molecular weight is 263 g/mol. The summed E-state index contributed by atoms with van der Waals surface area (Å²) in [6.45, 7) is 2.35. The topological polar surface area (TPSA) is 59.4 Å². The fourth-order valence-corrected chi connectivity index (χ4v) is 2.22. The molecule has 2 aromatic rings. The summed E-state index contributed by atoms with van der Waals surface area (Å²) in [6.07, 6.45) is 0.00750. The van der Waals surface area contributed by atoms with E-state index in [0.29, 0.717) is 12.4 Å². The van der Waals surface area contributed by atoms with Crippen LogP contribution in [0.3, 0.4) is 0 Å². The summed E-state index contributed by atoms with van der Waals surface area (Å²) in [4.78, 5) is 14.9. The molecule has 1 heterocycles. The van der Waals surface area contributed by atoms with Crippen LogP contribution in [0.15, 0.2) is 29.6 Å². The van der Waals surface area contributed by atoms with Gasteiger partial charge in [0.1, 0.15) is 17.4 Å². The Morgan fingerprint density at radius 2 is 2.33 bits per heavy atom. The molecular weight excluding hydrogens is 250 g/mol. The molecule has 4 nitrogen and oxygen atoms in total. The number of aliphatic carboxylic acids is 1. The monoisotopic (exact) mass is 263 g/mol. The Hall–Kier alpha value is -1.88. The molecule has 94 valence electrons. The maximum absolute atomic E-state index is 10.6. The number of carbonyl (C=O) groups is 1. The van der Waals surface area contributed by atoms with Gasteiger partial charge in [-0.1, -0.05) is 12.1 Å². The van der Waals surface area contributed by atoms with Crippen molar-refractivity contribution in [1.82, 2.24) is 4.98 Å². The zero-order valence-corrected chi connectivity index (χ0v) is 10.7. The second-order valence-corrected chi connectivity index (χ2v) is 4.83. The molecule has 0 saturated carbocycles. The van der Waals surface area contributed by atoms with Gasteiger partial charge in [-0.05, 0) is 24.6 Å². The van der Waals surface area contributed by atoms with Crippen molar-refractivity contribution in [1.29, 1.82) is 0 Å². The molecule has 0 atom stereocenters. The highest BCUT2D eigenvalue weighted by molar-refractivity contribution is 7.09. The predicted octanol–water partition coefficient (Wildman–Crippen LogP) is 2.66. The van der Waals surface area contributed by atoms with Crippen molar-refractivity contribution in [3.05, 3.63) is 45.9 Å². The van der Waals surface area contributed by atoms with E-state index in [1.54, 1.807) is 29.5 Å². The number of carboxylic acids is 1. The highest BCUT2D eigenvalue weighted by Crippen LogP contribution is 2.17. The molecule has 5 heteroatoms.